The Labute approximate surface area is 137 Å². The highest BCUT2D eigenvalue weighted by molar-refractivity contribution is 7.87. The van der Waals surface area contributed by atoms with Crippen LogP contribution in [-0.4, -0.2) is 13.3 Å². The summed E-state index contributed by atoms with van der Waals surface area (Å²) < 4.78 is 29.5. The molecular formula is C14H9ClN2O5S. The Bertz CT molecular complexity index is 935. The Morgan fingerprint density at radius 1 is 1.26 bits per heavy atom. The molecule has 0 radical (unpaired) electrons. The topological polar surface area (TPSA) is 110 Å². The number of benzene rings is 2. The van der Waals surface area contributed by atoms with Gasteiger partial charge in [0.25, 0.3) is 5.69 Å². The van der Waals surface area contributed by atoms with Gasteiger partial charge in [-0.05, 0) is 36.8 Å². The zero-order chi connectivity index (χ0) is 17.2. The summed E-state index contributed by atoms with van der Waals surface area (Å²) in [5, 5.41) is 19.7. The maximum Gasteiger partial charge on any atom is 0.346 e. The molecule has 0 saturated carbocycles. The predicted octanol–water partition coefficient (Wildman–Crippen LogP) is 3.20. The molecule has 0 atom stereocenters. The SMILES string of the molecule is Cc1ccc(S(=O)(=O)Oc2ccc(C#N)cc2Cl)c([N+](=O)[O-])c1. The number of nitriles is 1. The quantitative estimate of drug-likeness (QED) is 0.474. The van der Waals surface area contributed by atoms with E-state index in [1.165, 1.54) is 24.3 Å². The fourth-order valence-corrected chi connectivity index (χ4v) is 3.14. The van der Waals surface area contributed by atoms with Crippen molar-refractivity contribution in [2.75, 3.05) is 0 Å². The van der Waals surface area contributed by atoms with Gasteiger partial charge in [-0.2, -0.15) is 13.7 Å². The van der Waals surface area contributed by atoms with Gasteiger partial charge in [0.15, 0.2) is 10.6 Å². The number of hydrogen-bond donors (Lipinski definition) is 0. The monoisotopic (exact) mass is 352 g/mol. The van der Waals surface area contributed by atoms with Crippen LogP contribution >= 0.6 is 11.6 Å². The molecule has 0 bridgehead atoms. The lowest BCUT2D eigenvalue weighted by molar-refractivity contribution is -0.387. The van der Waals surface area contributed by atoms with E-state index in [1.807, 2.05) is 6.07 Å². The van der Waals surface area contributed by atoms with Crippen LogP contribution in [0.15, 0.2) is 41.3 Å². The zero-order valence-corrected chi connectivity index (χ0v) is 13.3. The van der Waals surface area contributed by atoms with E-state index in [4.69, 9.17) is 21.0 Å². The summed E-state index contributed by atoms with van der Waals surface area (Å²) in [7, 11) is -4.46. The molecule has 2 aromatic rings. The smallest absolute Gasteiger partial charge is 0.346 e. The Balaban J connectivity index is 2.48. The molecule has 0 unspecified atom stereocenters. The van der Waals surface area contributed by atoms with Crippen molar-refractivity contribution in [2.24, 2.45) is 0 Å². The van der Waals surface area contributed by atoms with Gasteiger partial charge in [-0.25, -0.2) is 0 Å². The number of rotatable bonds is 4. The van der Waals surface area contributed by atoms with Crippen LogP contribution in [-0.2, 0) is 10.1 Å². The van der Waals surface area contributed by atoms with Gasteiger partial charge >= 0.3 is 10.1 Å². The van der Waals surface area contributed by atoms with Gasteiger partial charge in [-0.1, -0.05) is 17.7 Å². The molecule has 0 N–H and O–H groups in total. The van der Waals surface area contributed by atoms with Crippen LogP contribution in [0.3, 0.4) is 0 Å². The number of nitro benzene ring substituents is 1. The molecule has 0 aromatic heterocycles. The minimum atomic E-state index is -4.46. The van der Waals surface area contributed by atoms with E-state index < -0.39 is 25.6 Å². The second-order valence-corrected chi connectivity index (χ2v) is 6.44. The van der Waals surface area contributed by atoms with Gasteiger partial charge < -0.3 is 4.18 Å². The van der Waals surface area contributed by atoms with Crippen LogP contribution in [0.5, 0.6) is 5.75 Å². The van der Waals surface area contributed by atoms with Crippen LogP contribution in [0.4, 0.5) is 5.69 Å². The van der Waals surface area contributed by atoms with Crippen LogP contribution in [0.1, 0.15) is 11.1 Å². The molecule has 9 heteroatoms. The standard InChI is InChI=1S/C14H9ClN2O5S/c1-9-2-5-14(12(6-9)17(18)19)23(20,21)22-13-4-3-10(8-16)7-11(13)15/h2-7H,1H3. The van der Waals surface area contributed by atoms with E-state index in [0.717, 1.165) is 12.1 Å². The lowest BCUT2D eigenvalue weighted by Gasteiger charge is -2.09. The van der Waals surface area contributed by atoms with E-state index in [2.05, 4.69) is 0 Å². The second-order valence-electron chi connectivity index (χ2n) is 4.52. The fraction of sp³-hybridized carbons (Fsp3) is 0.0714. The Morgan fingerprint density at radius 2 is 1.96 bits per heavy atom. The minimum absolute atomic E-state index is 0.0950. The molecule has 7 nitrogen and oxygen atoms in total. The van der Waals surface area contributed by atoms with Crippen molar-refractivity contribution in [1.29, 1.82) is 5.26 Å². The molecule has 23 heavy (non-hydrogen) atoms. The predicted molar refractivity (Wildman–Crippen MR) is 81.8 cm³/mol. The summed E-state index contributed by atoms with van der Waals surface area (Å²) in [6.45, 7) is 1.60. The van der Waals surface area contributed by atoms with Crippen molar-refractivity contribution in [3.63, 3.8) is 0 Å². The molecule has 0 amide bonds. The second kappa shape index (κ2) is 6.24. The van der Waals surface area contributed by atoms with Gasteiger partial charge in [0.1, 0.15) is 0 Å². The van der Waals surface area contributed by atoms with E-state index >= 15 is 0 Å². The number of aryl methyl sites for hydroxylation is 1. The van der Waals surface area contributed by atoms with Gasteiger partial charge in [0.05, 0.1) is 21.6 Å². The molecule has 118 valence electrons. The van der Waals surface area contributed by atoms with E-state index in [9.17, 15) is 18.5 Å². The maximum absolute atomic E-state index is 12.3. The summed E-state index contributed by atoms with van der Waals surface area (Å²) in [6, 6.07) is 9.25. The van der Waals surface area contributed by atoms with Gasteiger partial charge in [0.2, 0.25) is 0 Å². The Kier molecular flexibility index (Phi) is 4.54. The highest BCUT2D eigenvalue weighted by atomic mass is 35.5. The largest absolute Gasteiger partial charge is 0.377 e. The highest BCUT2D eigenvalue weighted by Crippen LogP contribution is 2.31. The number of hydrogen-bond acceptors (Lipinski definition) is 6. The van der Waals surface area contributed by atoms with Crippen LogP contribution in [0.25, 0.3) is 0 Å². The van der Waals surface area contributed by atoms with Gasteiger partial charge in [0, 0.05) is 6.07 Å². The van der Waals surface area contributed by atoms with Crippen LogP contribution in [0, 0.1) is 28.4 Å². The molecule has 0 fully saturated rings. The normalized spacial score (nSPS) is 10.8. The molecule has 0 aliphatic carbocycles. The molecule has 0 spiro atoms. The van der Waals surface area contributed by atoms with Crippen molar-refractivity contribution in [3.8, 4) is 11.8 Å². The molecule has 0 aliphatic heterocycles. The third-order valence-corrected chi connectivity index (χ3v) is 4.42. The number of nitro groups is 1. The lowest BCUT2D eigenvalue weighted by Crippen LogP contribution is -2.12. The number of halogens is 1. The Hall–Kier alpha value is -2.63. The molecular weight excluding hydrogens is 344 g/mol. The minimum Gasteiger partial charge on any atom is -0.377 e. The molecule has 0 saturated heterocycles. The van der Waals surface area contributed by atoms with Crippen molar-refractivity contribution in [2.45, 2.75) is 11.8 Å². The summed E-state index contributed by atoms with van der Waals surface area (Å²) in [4.78, 5) is 9.67. The third kappa shape index (κ3) is 3.59. The third-order valence-electron chi connectivity index (χ3n) is 2.84. The number of nitrogens with zero attached hydrogens (tertiary/aromatic N) is 2. The first kappa shape index (κ1) is 16.7. The molecule has 0 heterocycles. The van der Waals surface area contributed by atoms with Gasteiger partial charge in [-0.15, -0.1) is 0 Å². The van der Waals surface area contributed by atoms with Crippen molar-refractivity contribution < 1.29 is 17.5 Å². The zero-order valence-electron chi connectivity index (χ0n) is 11.7. The van der Waals surface area contributed by atoms with Crippen LogP contribution in [0.2, 0.25) is 5.02 Å². The first-order chi connectivity index (χ1) is 10.7. The highest BCUT2D eigenvalue weighted by Gasteiger charge is 2.28. The summed E-state index contributed by atoms with van der Waals surface area (Å²) in [6.07, 6.45) is 0. The molecule has 2 rings (SSSR count). The maximum atomic E-state index is 12.3. The summed E-state index contributed by atoms with van der Waals surface area (Å²) in [5.74, 6) is -0.222. The van der Waals surface area contributed by atoms with E-state index in [0.29, 0.717) is 5.56 Å². The first-order valence-electron chi connectivity index (χ1n) is 6.14. The molecule has 0 aliphatic rings. The van der Waals surface area contributed by atoms with E-state index in [1.54, 1.807) is 6.92 Å². The van der Waals surface area contributed by atoms with Crippen molar-refractivity contribution in [3.05, 3.63) is 62.7 Å². The molecule has 2 aromatic carbocycles. The van der Waals surface area contributed by atoms with E-state index in [-0.39, 0.29) is 16.3 Å². The van der Waals surface area contributed by atoms with Gasteiger partial charge in [-0.3, -0.25) is 10.1 Å². The van der Waals surface area contributed by atoms with Crippen molar-refractivity contribution in [1.82, 2.24) is 0 Å². The average molecular weight is 353 g/mol. The van der Waals surface area contributed by atoms with Crippen LogP contribution < -0.4 is 4.18 Å². The fourth-order valence-electron chi connectivity index (χ4n) is 1.78. The Morgan fingerprint density at radius 3 is 2.52 bits per heavy atom. The average Bonchev–Trinajstić information content (AvgIpc) is 2.48. The lowest BCUT2D eigenvalue weighted by atomic mass is 10.2. The summed E-state index contributed by atoms with van der Waals surface area (Å²) >= 11 is 5.85. The van der Waals surface area contributed by atoms with Crippen molar-refractivity contribution >= 4 is 27.4 Å². The first-order valence-corrected chi connectivity index (χ1v) is 7.92. The summed E-state index contributed by atoms with van der Waals surface area (Å²) in [5.41, 5.74) is 0.169.